The zero-order chi connectivity index (χ0) is 16.6. The van der Waals surface area contributed by atoms with Crippen LogP contribution in [0.25, 0.3) is 0 Å². The number of nitrogens with one attached hydrogen (secondary N) is 2. The molecular weight excluding hydrogens is 298 g/mol. The van der Waals surface area contributed by atoms with Gasteiger partial charge in [-0.2, -0.15) is 5.10 Å². The minimum Gasteiger partial charge on any atom is -0.323 e. The summed E-state index contributed by atoms with van der Waals surface area (Å²) >= 11 is 0. The molecule has 0 aromatic carbocycles. The molecule has 2 atom stereocenters. The Morgan fingerprint density at radius 3 is 2.91 bits per heavy atom. The Bertz CT molecular complexity index is 655. The fraction of sp³-hybridized carbons (Fsp3) is 0.600. The van der Waals surface area contributed by atoms with Crippen molar-refractivity contribution in [3.63, 3.8) is 0 Å². The Kier molecular flexibility index (Phi) is 3.83. The number of aryl methyl sites for hydroxylation is 1. The summed E-state index contributed by atoms with van der Waals surface area (Å²) < 4.78 is 1.56. The number of imide groups is 1. The minimum atomic E-state index is -0.833. The third-order valence-corrected chi connectivity index (χ3v) is 4.78. The lowest BCUT2D eigenvalue weighted by Crippen LogP contribution is -2.54. The van der Waals surface area contributed by atoms with Gasteiger partial charge in [-0.25, -0.2) is 4.79 Å². The third-order valence-electron chi connectivity index (χ3n) is 4.78. The maximum atomic E-state index is 12.7. The molecular formula is C15H21N5O3. The van der Waals surface area contributed by atoms with Gasteiger partial charge in [0.05, 0.1) is 0 Å². The highest BCUT2D eigenvalue weighted by molar-refractivity contribution is 6.10. The standard InChI is InChI=1S/C15H21N5O3/c1-10-5-3-4-7-15(10)13(22)20(14(23)17-15)9-12(21)16-11-6-8-19(2)18-11/h6,8,10H,3-5,7,9H2,1-2H3,(H,17,23)(H,16,18,21). The largest absolute Gasteiger partial charge is 0.325 e. The molecule has 8 nitrogen and oxygen atoms in total. The molecule has 2 aliphatic rings. The summed E-state index contributed by atoms with van der Waals surface area (Å²) in [7, 11) is 1.74. The van der Waals surface area contributed by atoms with Crippen molar-refractivity contribution in [2.75, 3.05) is 11.9 Å². The number of hydrogen-bond acceptors (Lipinski definition) is 4. The second-order valence-corrected chi connectivity index (χ2v) is 6.36. The van der Waals surface area contributed by atoms with Gasteiger partial charge >= 0.3 is 6.03 Å². The Labute approximate surface area is 134 Å². The smallest absolute Gasteiger partial charge is 0.323 e. The van der Waals surface area contributed by atoms with E-state index in [1.807, 2.05) is 6.92 Å². The first kappa shape index (κ1) is 15.5. The molecule has 1 saturated carbocycles. The van der Waals surface area contributed by atoms with Crippen LogP contribution in [0.15, 0.2) is 12.3 Å². The van der Waals surface area contributed by atoms with E-state index < -0.39 is 17.5 Å². The zero-order valence-corrected chi connectivity index (χ0v) is 13.3. The van der Waals surface area contributed by atoms with Gasteiger partial charge in [0.25, 0.3) is 5.91 Å². The van der Waals surface area contributed by atoms with Gasteiger partial charge in [-0.15, -0.1) is 0 Å². The Balaban J connectivity index is 1.69. The number of carbonyl (C=O) groups is 3. The van der Waals surface area contributed by atoms with Gasteiger partial charge in [-0.1, -0.05) is 19.8 Å². The van der Waals surface area contributed by atoms with Gasteiger partial charge in [0.2, 0.25) is 5.91 Å². The van der Waals surface area contributed by atoms with E-state index in [9.17, 15) is 14.4 Å². The van der Waals surface area contributed by atoms with Gasteiger partial charge in [0, 0.05) is 19.3 Å². The zero-order valence-electron chi connectivity index (χ0n) is 13.3. The fourth-order valence-corrected chi connectivity index (χ4v) is 3.45. The average molecular weight is 319 g/mol. The number of anilines is 1. The predicted molar refractivity (Wildman–Crippen MR) is 82.4 cm³/mol. The van der Waals surface area contributed by atoms with E-state index in [2.05, 4.69) is 15.7 Å². The number of urea groups is 1. The van der Waals surface area contributed by atoms with Crippen LogP contribution in [-0.4, -0.2) is 44.6 Å². The molecule has 2 fully saturated rings. The molecule has 0 bridgehead atoms. The first-order chi connectivity index (χ1) is 10.9. The number of hydrogen-bond donors (Lipinski definition) is 2. The van der Waals surface area contributed by atoms with E-state index >= 15 is 0 Å². The topological polar surface area (TPSA) is 96.3 Å². The summed E-state index contributed by atoms with van der Waals surface area (Å²) in [6, 6.07) is 1.16. The molecule has 1 aliphatic carbocycles. The molecule has 2 unspecified atom stereocenters. The van der Waals surface area contributed by atoms with Crippen LogP contribution < -0.4 is 10.6 Å². The van der Waals surface area contributed by atoms with E-state index in [1.54, 1.807) is 24.0 Å². The summed E-state index contributed by atoms with van der Waals surface area (Å²) in [5, 5.41) is 9.46. The van der Waals surface area contributed by atoms with Crippen LogP contribution in [-0.2, 0) is 16.6 Å². The van der Waals surface area contributed by atoms with E-state index in [4.69, 9.17) is 0 Å². The van der Waals surface area contributed by atoms with Crippen LogP contribution in [0.2, 0.25) is 0 Å². The quantitative estimate of drug-likeness (QED) is 0.808. The van der Waals surface area contributed by atoms with E-state index in [0.29, 0.717) is 12.2 Å². The van der Waals surface area contributed by atoms with Crippen molar-refractivity contribution >= 4 is 23.7 Å². The minimum absolute atomic E-state index is 0.0801. The normalized spacial score (nSPS) is 27.4. The fourth-order valence-electron chi connectivity index (χ4n) is 3.45. The molecule has 2 heterocycles. The van der Waals surface area contributed by atoms with E-state index in [1.165, 1.54) is 0 Å². The molecule has 23 heavy (non-hydrogen) atoms. The SMILES string of the molecule is CC1CCCCC12NC(=O)N(CC(=O)Nc1ccn(C)n1)C2=O. The van der Waals surface area contributed by atoms with Crippen molar-refractivity contribution in [3.8, 4) is 0 Å². The summed E-state index contributed by atoms with van der Waals surface area (Å²) in [4.78, 5) is 38.0. The lowest BCUT2D eigenvalue weighted by Gasteiger charge is -2.36. The van der Waals surface area contributed by atoms with E-state index in [-0.39, 0.29) is 18.4 Å². The lowest BCUT2D eigenvalue weighted by atomic mass is 9.73. The van der Waals surface area contributed by atoms with Crippen molar-refractivity contribution in [2.45, 2.75) is 38.1 Å². The number of aromatic nitrogens is 2. The number of rotatable bonds is 3. The van der Waals surface area contributed by atoms with Gasteiger partial charge in [-0.05, 0) is 18.8 Å². The van der Waals surface area contributed by atoms with Crippen molar-refractivity contribution in [1.82, 2.24) is 20.0 Å². The molecule has 0 radical (unpaired) electrons. The molecule has 1 aromatic rings. The molecule has 2 N–H and O–H groups in total. The Morgan fingerprint density at radius 1 is 1.48 bits per heavy atom. The first-order valence-corrected chi connectivity index (χ1v) is 7.86. The third kappa shape index (κ3) is 2.69. The molecule has 1 spiro atoms. The lowest BCUT2D eigenvalue weighted by molar-refractivity contribution is -0.136. The van der Waals surface area contributed by atoms with Crippen molar-refractivity contribution in [1.29, 1.82) is 0 Å². The molecule has 124 valence electrons. The molecule has 8 heteroatoms. The maximum absolute atomic E-state index is 12.7. The van der Waals surface area contributed by atoms with Crippen LogP contribution in [0, 0.1) is 5.92 Å². The van der Waals surface area contributed by atoms with Crippen LogP contribution in [0.4, 0.5) is 10.6 Å². The van der Waals surface area contributed by atoms with Crippen molar-refractivity contribution in [3.05, 3.63) is 12.3 Å². The van der Waals surface area contributed by atoms with Crippen LogP contribution in [0.5, 0.6) is 0 Å². The number of nitrogens with zero attached hydrogens (tertiary/aromatic N) is 3. The first-order valence-electron chi connectivity index (χ1n) is 7.86. The monoisotopic (exact) mass is 319 g/mol. The highest BCUT2D eigenvalue weighted by atomic mass is 16.2. The van der Waals surface area contributed by atoms with Gasteiger partial charge in [0.15, 0.2) is 5.82 Å². The maximum Gasteiger partial charge on any atom is 0.325 e. The Hall–Kier alpha value is -2.38. The average Bonchev–Trinajstić information content (AvgIpc) is 3.00. The summed E-state index contributed by atoms with van der Waals surface area (Å²) in [6.07, 6.45) is 5.20. The Morgan fingerprint density at radius 2 is 2.26 bits per heavy atom. The summed E-state index contributed by atoms with van der Waals surface area (Å²) in [6.45, 7) is 1.69. The number of amides is 4. The molecule has 1 aromatic heterocycles. The van der Waals surface area contributed by atoms with Crippen LogP contribution in [0.1, 0.15) is 32.6 Å². The van der Waals surface area contributed by atoms with Crippen molar-refractivity contribution < 1.29 is 14.4 Å². The van der Waals surface area contributed by atoms with Gasteiger partial charge in [-0.3, -0.25) is 19.2 Å². The molecule has 1 aliphatic heterocycles. The highest BCUT2D eigenvalue weighted by Gasteiger charge is 2.55. The molecule has 4 amide bonds. The number of carbonyl (C=O) groups excluding carboxylic acids is 3. The van der Waals surface area contributed by atoms with Crippen LogP contribution in [0.3, 0.4) is 0 Å². The molecule has 3 rings (SSSR count). The van der Waals surface area contributed by atoms with Crippen LogP contribution >= 0.6 is 0 Å². The summed E-state index contributed by atoms with van der Waals surface area (Å²) in [5.74, 6) is -0.250. The second-order valence-electron chi connectivity index (χ2n) is 6.36. The highest BCUT2D eigenvalue weighted by Crippen LogP contribution is 2.38. The van der Waals surface area contributed by atoms with Gasteiger partial charge < -0.3 is 10.6 Å². The second kappa shape index (κ2) is 5.68. The van der Waals surface area contributed by atoms with Crippen molar-refractivity contribution in [2.24, 2.45) is 13.0 Å². The van der Waals surface area contributed by atoms with Gasteiger partial charge in [0.1, 0.15) is 12.1 Å². The summed E-state index contributed by atoms with van der Waals surface area (Å²) in [5.41, 5.74) is -0.833. The predicted octanol–water partition coefficient (Wildman–Crippen LogP) is 0.859. The molecule has 1 saturated heterocycles. The van der Waals surface area contributed by atoms with E-state index in [0.717, 1.165) is 24.2 Å².